The Morgan fingerprint density at radius 1 is 0.542 bits per heavy atom. The maximum atomic E-state index is 2.32. The molecule has 3 aromatic rings. The third kappa shape index (κ3) is 2.87. The molecule has 0 aliphatic heterocycles. The Labute approximate surface area is 146 Å². The van der Waals surface area contributed by atoms with E-state index in [4.69, 9.17) is 0 Å². The van der Waals surface area contributed by atoms with Crippen molar-refractivity contribution in [3.8, 4) is 0 Å². The van der Waals surface area contributed by atoms with Crippen molar-refractivity contribution in [3.63, 3.8) is 0 Å². The summed E-state index contributed by atoms with van der Waals surface area (Å²) in [6.07, 6.45) is 2.23. The van der Waals surface area contributed by atoms with Gasteiger partial charge in [-0.05, 0) is 35.6 Å². The predicted molar refractivity (Wildman–Crippen MR) is 111 cm³/mol. The molecule has 0 heterocycles. The van der Waals surface area contributed by atoms with Crippen molar-refractivity contribution in [2.45, 2.75) is 26.7 Å². The van der Waals surface area contributed by atoms with Gasteiger partial charge in [-0.2, -0.15) is 0 Å². The first kappa shape index (κ1) is 16.8. The van der Waals surface area contributed by atoms with Gasteiger partial charge in [0.1, 0.15) is 0 Å². The van der Waals surface area contributed by atoms with Gasteiger partial charge in [0.15, 0.2) is 0 Å². The van der Waals surface area contributed by atoms with Gasteiger partial charge >= 0.3 is 0 Å². The summed E-state index contributed by atoms with van der Waals surface area (Å²) in [7, 11) is 0. The van der Waals surface area contributed by atoms with Crippen LogP contribution in [-0.2, 0) is 0 Å². The number of hydrogen-bond donors (Lipinski definition) is 0. The van der Waals surface area contributed by atoms with Gasteiger partial charge in [-0.3, -0.25) is 0 Å². The van der Waals surface area contributed by atoms with E-state index < -0.39 is 6.89 Å². The van der Waals surface area contributed by atoms with E-state index in [1.54, 1.807) is 5.29 Å². The second-order valence-corrected chi connectivity index (χ2v) is 9.47. The standard InChI is InChI=1S/C23H25P/c1-3-20(4-2)24(21-14-8-5-9-15-21,22-16-10-6-11-17-22)23-18-12-7-13-19-23/h5-19H,3-4H2,1-2H3. The van der Waals surface area contributed by atoms with Gasteiger partial charge in [-0.15, -0.1) is 0 Å². The minimum atomic E-state index is -1.75. The van der Waals surface area contributed by atoms with Crippen LogP contribution in [0.15, 0.2) is 91.0 Å². The van der Waals surface area contributed by atoms with Crippen LogP contribution < -0.4 is 15.9 Å². The second kappa shape index (κ2) is 7.69. The Morgan fingerprint density at radius 2 is 0.833 bits per heavy atom. The molecule has 0 aromatic heterocycles. The zero-order chi connectivity index (χ0) is 16.8. The van der Waals surface area contributed by atoms with Crippen molar-refractivity contribution in [1.82, 2.24) is 0 Å². The fourth-order valence-corrected chi connectivity index (χ4v) is 8.47. The van der Waals surface area contributed by atoms with Crippen LogP contribution in [0, 0.1) is 0 Å². The summed E-state index contributed by atoms with van der Waals surface area (Å²) in [6.45, 7) is 2.87. The summed E-state index contributed by atoms with van der Waals surface area (Å²) < 4.78 is 0. The Balaban J connectivity index is 2.50. The van der Waals surface area contributed by atoms with Crippen LogP contribution >= 0.6 is 6.89 Å². The quantitative estimate of drug-likeness (QED) is 0.579. The summed E-state index contributed by atoms with van der Waals surface area (Å²) in [6, 6.07) is 33.3. The molecule has 0 aliphatic carbocycles. The summed E-state index contributed by atoms with van der Waals surface area (Å²) in [5.74, 6) is 0. The van der Waals surface area contributed by atoms with Gasteiger partial charge in [-0.25, -0.2) is 0 Å². The summed E-state index contributed by atoms with van der Waals surface area (Å²) in [4.78, 5) is 0. The summed E-state index contributed by atoms with van der Waals surface area (Å²) in [5, 5.41) is 6.04. The first-order valence-electron chi connectivity index (χ1n) is 8.75. The fourth-order valence-electron chi connectivity index (χ4n) is 3.67. The van der Waals surface area contributed by atoms with E-state index in [1.807, 2.05) is 0 Å². The van der Waals surface area contributed by atoms with Gasteiger partial charge in [0.05, 0.1) is 0 Å². The molecule has 3 rings (SSSR count). The molecule has 0 fully saturated rings. The van der Waals surface area contributed by atoms with E-state index in [9.17, 15) is 0 Å². The highest BCUT2D eigenvalue weighted by Gasteiger charge is 2.27. The molecule has 1 heteroatoms. The van der Waals surface area contributed by atoms with Crippen LogP contribution in [0.5, 0.6) is 0 Å². The SMILES string of the molecule is CCC(CC)=P(c1ccccc1)(c1ccccc1)c1ccccc1. The molecule has 122 valence electrons. The molecule has 0 atom stereocenters. The number of hydrogen-bond acceptors (Lipinski definition) is 0. The fraction of sp³-hybridized carbons (Fsp3) is 0.174. The maximum Gasteiger partial charge on any atom is -0.0161 e. The largest absolute Gasteiger partial charge is 0.0622 e. The predicted octanol–water partition coefficient (Wildman–Crippen LogP) is 4.97. The highest BCUT2D eigenvalue weighted by atomic mass is 31.2. The lowest BCUT2D eigenvalue weighted by atomic mass is 10.3. The molecule has 0 aliphatic rings. The molecule has 0 bridgehead atoms. The Hall–Kier alpha value is -2.04. The Kier molecular flexibility index (Phi) is 5.38. The van der Waals surface area contributed by atoms with Crippen LogP contribution in [0.2, 0.25) is 0 Å². The molecular formula is C23H25P. The van der Waals surface area contributed by atoms with E-state index in [-0.39, 0.29) is 0 Å². The normalized spacial score (nSPS) is 11.2. The Morgan fingerprint density at radius 3 is 1.08 bits per heavy atom. The molecule has 0 saturated carbocycles. The van der Waals surface area contributed by atoms with E-state index in [0.29, 0.717) is 0 Å². The van der Waals surface area contributed by atoms with E-state index in [1.165, 1.54) is 15.9 Å². The van der Waals surface area contributed by atoms with Crippen LogP contribution in [0.25, 0.3) is 0 Å². The average molecular weight is 332 g/mol. The van der Waals surface area contributed by atoms with Crippen molar-refractivity contribution in [2.75, 3.05) is 0 Å². The Bertz CT molecular complexity index is 708. The molecular weight excluding hydrogens is 307 g/mol. The topological polar surface area (TPSA) is 0 Å². The lowest BCUT2D eigenvalue weighted by molar-refractivity contribution is 1.20. The van der Waals surface area contributed by atoms with Crippen molar-refractivity contribution in [1.29, 1.82) is 0 Å². The molecule has 0 unspecified atom stereocenters. The van der Waals surface area contributed by atoms with Gasteiger partial charge < -0.3 is 0 Å². The first-order valence-corrected chi connectivity index (χ1v) is 10.5. The third-order valence-electron chi connectivity index (χ3n) is 4.72. The molecule has 0 spiro atoms. The van der Waals surface area contributed by atoms with Gasteiger partial charge in [-0.1, -0.05) is 110 Å². The van der Waals surface area contributed by atoms with Gasteiger partial charge in [0.25, 0.3) is 0 Å². The lowest BCUT2D eigenvalue weighted by Crippen LogP contribution is -2.30. The monoisotopic (exact) mass is 332 g/mol. The highest BCUT2D eigenvalue weighted by molar-refractivity contribution is 7.95. The van der Waals surface area contributed by atoms with E-state index >= 15 is 0 Å². The smallest absolute Gasteiger partial charge is 0.0161 e. The highest BCUT2D eigenvalue weighted by Crippen LogP contribution is 2.47. The van der Waals surface area contributed by atoms with E-state index in [2.05, 4.69) is 105 Å². The van der Waals surface area contributed by atoms with Gasteiger partial charge in [0, 0.05) is 0 Å². The number of rotatable bonds is 5. The van der Waals surface area contributed by atoms with Crippen molar-refractivity contribution < 1.29 is 0 Å². The van der Waals surface area contributed by atoms with Gasteiger partial charge in [0.2, 0.25) is 0 Å². The van der Waals surface area contributed by atoms with Crippen molar-refractivity contribution in [3.05, 3.63) is 91.0 Å². The zero-order valence-corrected chi connectivity index (χ0v) is 15.4. The molecule has 0 saturated heterocycles. The summed E-state index contributed by atoms with van der Waals surface area (Å²) in [5.41, 5.74) is 0. The molecule has 24 heavy (non-hydrogen) atoms. The minimum Gasteiger partial charge on any atom is -0.0622 e. The summed E-state index contributed by atoms with van der Waals surface area (Å²) >= 11 is 0. The zero-order valence-electron chi connectivity index (χ0n) is 14.5. The molecule has 3 aromatic carbocycles. The molecule has 0 nitrogen and oxygen atoms in total. The van der Waals surface area contributed by atoms with Crippen LogP contribution in [-0.4, -0.2) is 5.29 Å². The molecule has 0 radical (unpaired) electrons. The van der Waals surface area contributed by atoms with Crippen LogP contribution in [0.3, 0.4) is 0 Å². The van der Waals surface area contributed by atoms with Crippen LogP contribution in [0.4, 0.5) is 0 Å². The lowest BCUT2D eigenvalue weighted by Gasteiger charge is -2.32. The van der Waals surface area contributed by atoms with Crippen molar-refractivity contribution >= 4 is 28.1 Å². The maximum absolute atomic E-state index is 2.32. The molecule has 0 amide bonds. The average Bonchev–Trinajstić information content (AvgIpc) is 2.68. The van der Waals surface area contributed by atoms with E-state index in [0.717, 1.165) is 12.8 Å². The number of benzene rings is 3. The second-order valence-electron chi connectivity index (χ2n) is 5.95. The van der Waals surface area contributed by atoms with Crippen LogP contribution in [0.1, 0.15) is 26.7 Å². The van der Waals surface area contributed by atoms with Crippen molar-refractivity contribution in [2.24, 2.45) is 0 Å². The first-order chi connectivity index (χ1) is 11.8. The molecule has 0 N–H and O–H groups in total. The minimum absolute atomic E-state index is 1.11. The third-order valence-corrected chi connectivity index (χ3v) is 9.52.